The van der Waals surface area contributed by atoms with Gasteiger partial charge in [-0.25, -0.2) is 29.0 Å². The van der Waals surface area contributed by atoms with Crippen LogP contribution in [0.4, 0.5) is 19.2 Å². The van der Waals surface area contributed by atoms with E-state index >= 15 is 0 Å². The maximum atomic E-state index is 12.6. The topological polar surface area (TPSA) is 112 Å². The molecule has 4 amide bonds. The maximum absolute atomic E-state index is 12.6. The fraction of sp³-hybridized carbons (Fsp3) is 0.846. The Morgan fingerprint density at radius 2 is 0.611 bits per heavy atom. The molecule has 0 atom stereocenters. The third-order valence-electron chi connectivity index (χ3n) is 3.97. The Bertz CT molecular complexity index is 632. The minimum absolute atomic E-state index is 0.117. The van der Waals surface area contributed by atoms with E-state index in [1.165, 1.54) is 0 Å². The lowest BCUT2D eigenvalue weighted by atomic mass is 10.1. The monoisotopic (exact) mass is 516 g/mol. The van der Waals surface area contributed by atoms with Gasteiger partial charge in [0.05, 0.1) is 0 Å². The molecule has 0 saturated heterocycles. The fourth-order valence-electron chi connectivity index (χ4n) is 2.68. The van der Waals surface area contributed by atoms with Gasteiger partial charge in [-0.2, -0.15) is 0 Å². The summed E-state index contributed by atoms with van der Waals surface area (Å²) in [6, 6.07) is 0. The Morgan fingerprint density at radius 1 is 0.417 bits per heavy atom. The van der Waals surface area contributed by atoms with Gasteiger partial charge in [0.25, 0.3) is 0 Å². The summed E-state index contributed by atoms with van der Waals surface area (Å²) in [4.78, 5) is 52.2. The van der Waals surface area contributed by atoms with Crippen LogP contribution in [0.1, 0.15) is 109 Å². The first kappa shape index (κ1) is 33.5. The minimum atomic E-state index is -0.766. The second kappa shape index (κ2) is 13.1. The first-order valence-electron chi connectivity index (χ1n) is 12.5. The Balaban J connectivity index is 5.03. The third-order valence-corrected chi connectivity index (χ3v) is 3.97. The van der Waals surface area contributed by atoms with Gasteiger partial charge < -0.3 is 18.9 Å². The number of amides is 4. The number of ether oxygens (including phenoxy) is 4. The molecule has 0 saturated carbocycles. The van der Waals surface area contributed by atoms with Gasteiger partial charge in [-0.05, 0) is 95.9 Å². The molecular formula is C26H48N2O8. The molecule has 10 heteroatoms. The Hall–Kier alpha value is -2.52. The molecule has 0 heterocycles. The van der Waals surface area contributed by atoms with Crippen molar-refractivity contribution < 1.29 is 38.1 Å². The number of carbonyl (C=O) groups excluding carboxylic acids is 4. The number of carbonyl (C=O) groups is 4. The number of rotatable bonds is 7. The zero-order chi connectivity index (χ0) is 28.5. The van der Waals surface area contributed by atoms with E-state index in [0.717, 1.165) is 9.80 Å². The van der Waals surface area contributed by atoms with Gasteiger partial charge in [0, 0.05) is 13.1 Å². The summed E-state index contributed by atoms with van der Waals surface area (Å²) in [5, 5.41) is 0. The highest BCUT2D eigenvalue weighted by atomic mass is 16.6. The predicted octanol–water partition coefficient (Wildman–Crippen LogP) is 6.89. The van der Waals surface area contributed by atoms with Crippen LogP contribution in [0.3, 0.4) is 0 Å². The molecule has 0 bridgehead atoms. The molecular weight excluding hydrogens is 468 g/mol. The summed E-state index contributed by atoms with van der Waals surface area (Å²) >= 11 is 0. The second-order valence-corrected chi connectivity index (χ2v) is 12.6. The summed E-state index contributed by atoms with van der Waals surface area (Å²) in [6.45, 7) is 20.9. The molecule has 0 unspecified atom stereocenters. The van der Waals surface area contributed by atoms with Crippen LogP contribution >= 0.6 is 0 Å². The zero-order valence-corrected chi connectivity index (χ0v) is 24.4. The van der Waals surface area contributed by atoms with Crippen LogP contribution in [0.5, 0.6) is 0 Å². The summed E-state index contributed by atoms with van der Waals surface area (Å²) in [7, 11) is 0. The Morgan fingerprint density at radius 3 is 0.778 bits per heavy atom. The van der Waals surface area contributed by atoms with E-state index in [-0.39, 0.29) is 13.1 Å². The van der Waals surface area contributed by atoms with E-state index in [1.54, 1.807) is 83.1 Å². The smallest absolute Gasteiger partial charge is 0.419 e. The standard InChI is InChI=1S/C26H48N2O8/c1-23(2,3)33-19(29)27(20(30)34-24(4,5)6)17-15-13-14-16-18-28(21(31)35-25(7,8)9)22(32)36-26(10,11)12/h13-18H2,1-12H3. The van der Waals surface area contributed by atoms with Crippen LogP contribution in [0, 0.1) is 0 Å². The lowest BCUT2D eigenvalue weighted by Gasteiger charge is -2.29. The van der Waals surface area contributed by atoms with Gasteiger partial charge in [-0.15, -0.1) is 0 Å². The number of imide groups is 2. The fourth-order valence-corrected chi connectivity index (χ4v) is 2.68. The molecule has 210 valence electrons. The van der Waals surface area contributed by atoms with E-state index in [0.29, 0.717) is 25.7 Å². The van der Waals surface area contributed by atoms with Crippen LogP contribution < -0.4 is 0 Å². The van der Waals surface area contributed by atoms with Gasteiger partial charge in [-0.1, -0.05) is 12.8 Å². The van der Waals surface area contributed by atoms with Crippen molar-refractivity contribution in [3.05, 3.63) is 0 Å². The van der Waals surface area contributed by atoms with Crippen LogP contribution in [0.25, 0.3) is 0 Å². The summed E-state index contributed by atoms with van der Waals surface area (Å²) in [5.41, 5.74) is -3.04. The highest BCUT2D eigenvalue weighted by Gasteiger charge is 2.32. The highest BCUT2D eigenvalue weighted by molar-refractivity contribution is 5.88. The van der Waals surface area contributed by atoms with Crippen molar-refractivity contribution in [1.29, 1.82) is 0 Å². The molecule has 36 heavy (non-hydrogen) atoms. The van der Waals surface area contributed by atoms with Crippen molar-refractivity contribution in [3.63, 3.8) is 0 Å². The van der Waals surface area contributed by atoms with Crippen molar-refractivity contribution in [3.8, 4) is 0 Å². The molecule has 0 aliphatic rings. The summed E-state index contributed by atoms with van der Waals surface area (Å²) < 4.78 is 21.4. The number of unbranched alkanes of at least 4 members (excludes halogenated alkanes) is 3. The summed E-state index contributed by atoms with van der Waals surface area (Å²) in [6.07, 6.45) is -0.794. The quantitative estimate of drug-likeness (QED) is 0.265. The van der Waals surface area contributed by atoms with Crippen molar-refractivity contribution in [2.45, 2.75) is 131 Å². The maximum Gasteiger partial charge on any atom is 0.419 e. The van der Waals surface area contributed by atoms with Crippen molar-refractivity contribution >= 4 is 24.4 Å². The van der Waals surface area contributed by atoms with Gasteiger partial charge in [0.15, 0.2) is 0 Å². The molecule has 0 spiro atoms. The first-order valence-corrected chi connectivity index (χ1v) is 12.5. The van der Waals surface area contributed by atoms with Crippen molar-refractivity contribution in [2.75, 3.05) is 13.1 Å². The van der Waals surface area contributed by atoms with Crippen LogP contribution in [0.2, 0.25) is 0 Å². The molecule has 0 aliphatic carbocycles. The van der Waals surface area contributed by atoms with Gasteiger partial charge in [0.2, 0.25) is 0 Å². The summed E-state index contributed by atoms with van der Waals surface area (Å²) in [5.74, 6) is 0. The molecule has 0 aromatic heterocycles. The van der Waals surface area contributed by atoms with Crippen molar-refractivity contribution in [1.82, 2.24) is 9.80 Å². The first-order chi connectivity index (χ1) is 16.0. The molecule has 10 nitrogen and oxygen atoms in total. The van der Waals surface area contributed by atoms with Crippen LogP contribution in [-0.4, -0.2) is 69.7 Å². The Labute approximate surface area is 216 Å². The second-order valence-electron chi connectivity index (χ2n) is 12.6. The third kappa shape index (κ3) is 16.2. The van der Waals surface area contributed by atoms with E-state index in [4.69, 9.17) is 18.9 Å². The van der Waals surface area contributed by atoms with E-state index in [2.05, 4.69) is 0 Å². The average molecular weight is 517 g/mol. The van der Waals surface area contributed by atoms with Crippen LogP contribution in [0.15, 0.2) is 0 Å². The molecule has 0 fully saturated rings. The van der Waals surface area contributed by atoms with Gasteiger partial charge >= 0.3 is 24.4 Å². The molecule has 0 radical (unpaired) electrons. The largest absolute Gasteiger partial charge is 0.443 e. The number of hydrogen-bond donors (Lipinski definition) is 0. The average Bonchev–Trinajstić information content (AvgIpc) is 2.57. The van der Waals surface area contributed by atoms with Crippen LogP contribution in [-0.2, 0) is 18.9 Å². The molecule has 0 aliphatic heterocycles. The van der Waals surface area contributed by atoms with E-state index in [9.17, 15) is 19.2 Å². The SMILES string of the molecule is CC(C)(C)OC(=O)N(CCCCCCN(C(=O)OC(C)(C)C)C(=O)OC(C)(C)C)C(=O)OC(C)(C)C. The van der Waals surface area contributed by atoms with E-state index < -0.39 is 46.8 Å². The lowest BCUT2D eigenvalue weighted by molar-refractivity contribution is -0.00162. The molecule has 0 aromatic carbocycles. The predicted molar refractivity (Wildman–Crippen MR) is 137 cm³/mol. The molecule has 0 rings (SSSR count). The number of hydrogen-bond acceptors (Lipinski definition) is 8. The van der Waals surface area contributed by atoms with Gasteiger partial charge in [-0.3, -0.25) is 0 Å². The molecule has 0 N–H and O–H groups in total. The zero-order valence-electron chi connectivity index (χ0n) is 24.4. The van der Waals surface area contributed by atoms with E-state index in [1.807, 2.05) is 0 Å². The van der Waals surface area contributed by atoms with Crippen molar-refractivity contribution in [2.24, 2.45) is 0 Å². The molecule has 0 aromatic rings. The lowest BCUT2D eigenvalue weighted by Crippen LogP contribution is -2.44. The Kier molecular flexibility index (Phi) is 12.2. The minimum Gasteiger partial charge on any atom is -0.443 e. The number of nitrogens with zero attached hydrogens (tertiary/aromatic N) is 2. The van der Waals surface area contributed by atoms with Gasteiger partial charge in [0.1, 0.15) is 22.4 Å². The normalized spacial score (nSPS) is 12.4. The highest BCUT2D eigenvalue weighted by Crippen LogP contribution is 2.17.